The molecular weight excluding hydrogens is 222 g/mol. The van der Waals surface area contributed by atoms with Crippen molar-refractivity contribution in [2.24, 2.45) is 5.92 Å². The van der Waals surface area contributed by atoms with Crippen LogP contribution in [0.1, 0.15) is 57.2 Å². The summed E-state index contributed by atoms with van der Waals surface area (Å²) in [5.74, 6) is 1.04. The molecule has 0 amide bonds. The number of phenols is 1. The first kappa shape index (κ1) is 13.4. The third kappa shape index (κ3) is 2.86. The number of phenolic OH excluding ortho intramolecular Hbond substituents is 1. The minimum atomic E-state index is 0.389. The second kappa shape index (κ2) is 5.75. The highest BCUT2D eigenvalue weighted by Crippen LogP contribution is 2.33. The Morgan fingerprint density at radius 2 is 2.17 bits per heavy atom. The van der Waals surface area contributed by atoms with Crippen LogP contribution >= 0.6 is 0 Å². The number of hydrogen-bond donors (Lipinski definition) is 2. The zero-order chi connectivity index (χ0) is 13.1. The smallest absolute Gasteiger partial charge is 0.115 e. The van der Waals surface area contributed by atoms with Crippen LogP contribution in [0.3, 0.4) is 0 Å². The second-order valence-electron chi connectivity index (χ2n) is 5.75. The molecule has 2 unspecified atom stereocenters. The van der Waals surface area contributed by atoms with Crippen molar-refractivity contribution in [2.75, 3.05) is 0 Å². The van der Waals surface area contributed by atoms with E-state index < -0.39 is 0 Å². The number of aromatic hydroxyl groups is 1. The van der Waals surface area contributed by atoms with E-state index >= 15 is 0 Å². The average molecular weight is 247 g/mol. The van der Waals surface area contributed by atoms with Crippen molar-refractivity contribution in [1.82, 2.24) is 5.32 Å². The van der Waals surface area contributed by atoms with Crippen molar-refractivity contribution in [1.29, 1.82) is 0 Å². The minimum Gasteiger partial charge on any atom is -0.508 e. The van der Waals surface area contributed by atoms with Gasteiger partial charge in [0, 0.05) is 12.1 Å². The Labute approximate surface area is 110 Å². The highest BCUT2D eigenvalue weighted by molar-refractivity contribution is 5.38. The van der Waals surface area contributed by atoms with Gasteiger partial charge in [-0.25, -0.2) is 0 Å². The van der Waals surface area contributed by atoms with Gasteiger partial charge in [-0.15, -0.1) is 0 Å². The van der Waals surface area contributed by atoms with Gasteiger partial charge < -0.3 is 10.4 Å². The Morgan fingerprint density at radius 3 is 2.83 bits per heavy atom. The zero-order valence-electron chi connectivity index (χ0n) is 11.7. The molecule has 2 heteroatoms. The van der Waals surface area contributed by atoms with E-state index in [1.54, 1.807) is 6.07 Å². The first-order chi connectivity index (χ1) is 8.61. The van der Waals surface area contributed by atoms with Gasteiger partial charge in [-0.3, -0.25) is 0 Å². The molecular formula is C16H25NO. The van der Waals surface area contributed by atoms with Crippen LogP contribution in [0.5, 0.6) is 5.75 Å². The van der Waals surface area contributed by atoms with Crippen LogP contribution in [0.2, 0.25) is 0 Å². The van der Waals surface area contributed by atoms with E-state index in [2.05, 4.69) is 32.2 Å². The Balaban J connectivity index is 2.19. The summed E-state index contributed by atoms with van der Waals surface area (Å²) in [4.78, 5) is 0. The van der Waals surface area contributed by atoms with E-state index in [0.29, 0.717) is 23.8 Å². The Kier molecular flexibility index (Phi) is 4.28. The van der Waals surface area contributed by atoms with Crippen molar-refractivity contribution in [3.63, 3.8) is 0 Å². The summed E-state index contributed by atoms with van der Waals surface area (Å²) in [5, 5.41) is 13.5. The Morgan fingerprint density at radius 1 is 1.39 bits per heavy atom. The van der Waals surface area contributed by atoms with E-state index in [0.717, 1.165) is 12.8 Å². The van der Waals surface area contributed by atoms with Gasteiger partial charge in [0.15, 0.2) is 0 Å². The summed E-state index contributed by atoms with van der Waals surface area (Å²) in [6.07, 6.45) is 4.72. The van der Waals surface area contributed by atoms with E-state index in [1.807, 2.05) is 6.07 Å². The molecule has 0 fully saturated rings. The van der Waals surface area contributed by atoms with Crippen molar-refractivity contribution < 1.29 is 5.11 Å². The summed E-state index contributed by atoms with van der Waals surface area (Å²) in [6.45, 7) is 6.78. The van der Waals surface area contributed by atoms with Crippen LogP contribution in [-0.2, 0) is 6.42 Å². The van der Waals surface area contributed by atoms with E-state index in [9.17, 15) is 5.11 Å². The lowest BCUT2D eigenvalue weighted by Gasteiger charge is -2.32. The van der Waals surface area contributed by atoms with Crippen molar-refractivity contribution in [3.05, 3.63) is 29.3 Å². The lowest BCUT2D eigenvalue weighted by molar-refractivity contribution is 0.324. The van der Waals surface area contributed by atoms with Gasteiger partial charge >= 0.3 is 0 Å². The molecule has 0 bridgehead atoms. The highest BCUT2D eigenvalue weighted by atomic mass is 16.3. The predicted octanol–water partition coefficient (Wildman–Crippen LogP) is 3.79. The van der Waals surface area contributed by atoms with Gasteiger partial charge in [0.1, 0.15) is 5.75 Å². The molecule has 1 aromatic carbocycles. The van der Waals surface area contributed by atoms with Crippen molar-refractivity contribution >= 4 is 0 Å². The molecule has 18 heavy (non-hydrogen) atoms. The topological polar surface area (TPSA) is 32.3 Å². The number of fused-ring (bicyclic) bond motifs is 1. The summed E-state index contributed by atoms with van der Waals surface area (Å²) in [6, 6.07) is 6.80. The largest absolute Gasteiger partial charge is 0.508 e. The van der Waals surface area contributed by atoms with Crippen LogP contribution in [-0.4, -0.2) is 11.1 Å². The monoisotopic (exact) mass is 247 g/mol. The summed E-state index contributed by atoms with van der Waals surface area (Å²) in [5.41, 5.74) is 2.70. The maximum absolute atomic E-state index is 9.68. The quantitative estimate of drug-likeness (QED) is 0.848. The van der Waals surface area contributed by atoms with Crippen molar-refractivity contribution in [2.45, 2.75) is 58.5 Å². The summed E-state index contributed by atoms with van der Waals surface area (Å²) < 4.78 is 0. The highest BCUT2D eigenvalue weighted by Gasteiger charge is 2.23. The first-order valence-corrected chi connectivity index (χ1v) is 7.19. The molecule has 1 aromatic rings. The van der Waals surface area contributed by atoms with Gasteiger partial charge in [-0.1, -0.05) is 26.8 Å². The number of nitrogens with one attached hydrogen (secondary N) is 1. The standard InChI is InChI=1S/C16H25NO/c1-4-15(11(2)3)17-16-7-5-6-12-8-9-13(18)10-14(12)16/h8-11,15-18H,4-7H2,1-3H3. The molecule has 0 aromatic heterocycles. The third-order valence-corrected chi connectivity index (χ3v) is 4.10. The van der Waals surface area contributed by atoms with Crippen LogP contribution in [0.4, 0.5) is 0 Å². The number of aryl methyl sites for hydroxylation is 1. The van der Waals surface area contributed by atoms with Crippen LogP contribution in [0.15, 0.2) is 18.2 Å². The average Bonchev–Trinajstić information content (AvgIpc) is 2.35. The van der Waals surface area contributed by atoms with Crippen LogP contribution in [0.25, 0.3) is 0 Å². The van der Waals surface area contributed by atoms with Gasteiger partial charge in [0.2, 0.25) is 0 Å². The normalized spacial score (nSPS) is 20.8. The molecule has 0 spiro atoms. The predicted molar refractivity (Wildman–Crippen MR) is 75.8 cm³/mol. The molecule has 100 valence electrons. The van der Waals surface area contributed by atoms with Gasteiger partial charge in [0.25, 0.3) is 0 Å². The van der Waals surface area contributed by atoms with Gasteiger partial charge in [0.05, 0.1) is 0 Å². The number of rotatable bonds is 4. The van der Waals surface area contributed by atoms with Crippen LogP contribution in [0, 0.1) is 5.92 Å². The van der Waals surface area contributed by atoms with E-state index in [4.69, 9.17) is 0 Å². The molecule has 2 atom stereocenters. The SMILES string of the molecule is CCC(NC1CCCc2ccc(O)cc21)C(C)C. The Hall–Kier alpha value is -1.02. The van der Waals surface area contributed by atoms with Gasteiger partial charge in [-0.05, 0) is 54.9 Å². The molecule has 0 saturated carbocycles. The summed E-state index contributed by atoms with van der Waals surface area (Å²) in [7, 11) is 0. The van der Waals surface area contributed by atoms with E-state index in [-0.39, 0.29) is 0 Å². The Bertz CT molecular complexity index is 400. The lowest BCUT2D eigenvalue weighted by atomic mass is 9.86. The second-order valence-corrected chi connectivity index (χ2v) is 5.75. The molecule has 0 aliphatic heterocycles. The molecule has 0 heterocycles. The lowest BCUT2D eigenvalue weighted by Crippen LogP contribution is -2.37. The minimum absolute atomic E-state index is 0.389. The fourth-order valence-corrected chi connectivity index (χ4v) is 3.00. The molecule has 1 aliphatic carbocycles. The maximum Gasteiger partial charge on any atom is 0.115 e. The summed E-state index contributed by atoms with van der Waals surface area (Å²) >= 11 is 0. The number of hydrogen-bond acceptors (Lipinski definition) is 2. The molecule has 0 radical (unpaired) electrons. The molecule has 0 saturated heterocycles. The van der Waals surface area contributed by atoms with Gasteiger partial charge in [-0.2, -0.15) is 0 Å². The molecule has 2 N–H and O–H groups in total. The van der Waals surface area contributed by atoms with Crippen LogP contribution < -0.4 is 5.32 Å². The molecule has 2 rings (SSSR count). The molecule has 1 aliphatic rings. The maximum atomic E-state index is 9.68. The zero-order valence-corrected chi connectivity index (χ0v) is 11.7. The fourth-order valence-electron chi connectivity index (χ4n) is 3.00. The fraction of sp³-hybridized carbons (Fsp3) is 0.625. The van der Waals surface area contributed by atoms with Crippen molar-refractivity contribution in [3.8, 4) is 5.75 Å². The molecule has 2 nitrogen and oxygen atoms in total. The third-order valence-electron chi connectivity index (χ3n) is 4.10. The number of benzene rings is 1. The first-order valence-electron chi connectivity index (χ1n) is 7.19. The van der Waals surface area contributed by atoms with E-state index in [1.165, 1.54) is 24.0 Å².